The maximum atomic E-state index is 14.4. The van der Waals surface area contributed by atoms with Gasteiger partial charge in [-0.05, 0) is 24.1 Å². The molecule has 2 heterocycles. The fourth-order valence-electron chi connectivity index (χ4n) is 2.81. The molecule has 0 radical (unpaired) electrons. The number of nitrogens with zero attached hydrogens (tertiary/aromatic N) is 2. The van der Waals surface area contributed by atoms with Gasteiger partial charge in [0.05, 0.1) is 5.69 Å². The highest BCUT2D eigenvalue weighted by atomic mass is 19.1. The predicted octanol–water partition coefficient (Wildman–Crippen LogP) is 2.44. The number of amides is 1. The first-order valence-electron chi connectivity index (χ1n) is 8.25. The van der Waals surface area contributed by atoms with Gasteiger partial charge in [-0.2, -0.15) is 0 Å². The second-order valence-corrected chi connectivity index (χ2v) is 6.30. The Kier molecular flexibility index (Phi) is 4.72. The van der Waals surface area contributed by atoms with Crippen LogP contribution in [0.2, 0.25) is 0 Å². The summed E-state index contributed by atoms with van der Waals surface area (Å²) < 4.78 is 14.4. The van der Waals surface area contributed by atoms with Crippen LogP contribution in [0.25, 0.3) is 22.5 Å². The van der Waals surface area contributed by atoms with Gasteiger partial charge in [0.1, 0.15) is 11.5 Å². The minimum absolute atomic E-state index is 0.0706. The van der Waals surface area contributed by atoms with E-state index in [0.717, 1.165) is 0 Å². The Morgan fingerprint density at radius 2 is 1.74 bits per heavy atom. The van der Waals surface area contributed by atoms with Gasteiger partial charge in [-0.1, -0.05) is 26.0 Å². The quantitative estimate of drug-likeness (QED) is 0.652. The van der Waals surface area contributed by atoms with Gasteiger partial charge in [0.25, 0.3) is 5.91 Å². The van der Waals surface area contributed by atoms with Crippen molar-refractivity contribution in [1.82, 2.24) is 15.0 Å². The van der Waals surface area contributed by atoms with E-state index in [4.69, 9.17) is 11.5 Å². The van der Waals surface area contributed by atoms with Crippen LogP contribution in [0.15, 0.2) is 41.2 Å². The van der Waals surface area contributed by atoms with Gasteiger partial charge in [0, 0.05) is 22.9 Å². The first-order chi connectivity index (χ1) is 12.8. The number of nitrogens with two attached hydrogens (primary N) is 2. The van der Waals surface area contributed by atoms with E-state index in [1.165, 1.54) is 18.2 Å². The van der Waals surface area contributed by atoms with Crippen molar-refractivity contribution >= 4 is 11.7 Å². The van der Waals surface area contributed by atoms with Crippen LogP contribution >= 0.6 is 0 Å². The van der Waals surface area contributed by atoms with E-state index in [1.807, 2.05) is 13.8 Å². The summed E-state index contributed by atoms with van der Waals surface area (Å²) in [4.78, 5) is 34.7. The fraction of sp³-hybridized carbons (Fsp3) is 0.158. The lowest BCUT2D eigenvalue weighted by atomic mass is 9.97. The highest BCUT2D eigenvalue weighted by Crippen LogP contribution is 2.34. The molecular formula is C19H18FN5O2. The molecule has 0 unspecified atom stereocenters. The number of H-pyrrole nitrogens is 1. The van der Waals surface area contributed by atoms with Crippen molar-refractivity contribution in [3.63, 3.8) is 0 Å². The van der Waals surface area contributed by atoms with E-state index in [2.05, 4.69) is 15.0 Å². The monoisotopic (exact) mass is 367 g/mol. The van der Waals surface area contributed by atoms with Crippen molar-refractivity contribution in [3.8, 4) is 22.5 Å². The first kappa shape index (κ1) is 18.2. The SMILES string of the molecule is CC(C)c1[nH]c(=O)ccc1-c1nc(C(N)=O)c(N)nc1-c1ccccc1F. The normalized spacial score (nSPS) is 11.0. The molecule has 5 N–H and O–H groups in total. The number of hydrogen-bond donors (Lipinski definition) is 3. The number of pyridine rings is 1. The molecule has 0 aliphatic carbocycles. The zero-order valence-electron chi connectivity index (χ0n) is 14.8. The Hall–Kier alpha value is -3.55. The van der Waals surface area contributed by atoms with E-state index in [9.17, 15) is 14.0 Å². The molecule has 1 amide bonds. The van der Waals surface area contributed by atoms with Gasteiger partial charge in [0.2, 0.25) is 5.56 Å². The number of benzene rings is 1. The van der Waals surface area contributed by atoms with Gasteiger partial charge in [-0.15, -0.1) is 0 Å². The number of hydrogen-bond acceptors (Lipinski definition) is 5. The lowest BCUT2D eigenvalue weighted by molar-refractivity contribution is 0.0996. The molecule has 0 saturated heterocycles. The summed E-state index contributed by atoms with van der Waals surface area (Å²) in [7, 11) is 0. The molecular weight excluding hydrogens is 349 g/mol. The van der Waals surface area contributed by atoms with Crippen molar-refractivity contribution < 1.29 is 9.18 Å². The smallest absolute Gasteiger partial charge is 0.271 e. The second kappa shape index (κ2) is 6.99. The predicted molar refractivity (Wildman–Crippen MR) is 101 cm³/mol. The van der Waals surface area contributed by atoms with Crippen LogP contribution in [0.1, 0.15) is 35.9 Å². The topological polar surface area (TPSA) is 128 Å². The van der Waals surface area contributed by atoms with Gasteiger partial charge < -0.3 is 16.5 Å². The molecule has 2 aromatic heterocycles. The van der Waals surface area contributed by atoms with E-state index >= 15 is 0 Å². The van der Waals surface area contributed by atoms with Gasteiger partial charge in [-0.3, -0.25) is 9.59 Å². The average Bonchev–Trinajstić information content (AvgIpc) is 2.62. The maximum absolute atomic E-state index is 14.4. The van der Waals surface area contributed by atoms with Crippen LogP contribution in [0.5, 0.6) is 0 Å². The number of aromatic nitrogens is 3. The lowest BCUT2D eigenvalue weighted by Gasteiger charge is -2.16. The van der Waals surface area contributed by atoms with Crippen molar-refractivity contribution in [3.05, 3.63) is 64.0 Å². The number of rotatable bonds is 4. The van der Waals surface area contributed by atoms with E-state index in [-0.39, 0.29) is 39.9 Å². The Morgan fingerprint density at radius 3 is 2.37 bits per heavy atom. The largest absolute Gasteiger partial charge is 0.382 e. The lowest BCUT2D eigenvalue weighted by Crippen LogP contribution is -2.18. The van der Waals surface area contributed by atoms with Gasteiger partial charge in [-0.25, -0.2) is 14.4 Å². The number of aromatic amines is 1. The number of nitrogen functional groups attached to an aromatic ring is 1. The van der Waals surface area contributed by atoms with Crippen LogP contribution in [0.4, 0.5) is 10.2 Å². The Bertz CT molecular complexity index is 1090. The zero-order chi connectivity index (χ0) is 19.7. The van der Waals surface area contributed by atoms with Gasteiger partial charge >= 0.3 is 0 Å². The summed E-state index contributed by atoms with van der Waals surface area (Å²) >= 11 is 0. The van der Waals surface area contributed by atoms with Crippen molar-refractivity contribution in [2.24, 2.45) is 5.73 Å². The third kappa shape index (κ3) is 3.41. The zero-order valence-corrected chi connectivity index (χ0v) is 14.8. The molecule has 27 heavy (non-hydrogen) atoms. The Balaban J connectivity index is 2.41. The molecule has 7 nitrogen and oxygen atoms in total. The Morgan fingerprint density at radius 1 is 1.07 bits per heavy atom. The highest BCUT2D eigenvalue weighted by Gasteiger charge is 2.22. The van der Waals surface area contributed by atoms with Crippen LogP contribution in [0, 0.1) is 5.82 Å². The van der Waals surface area contributed by atoms with Crippen LogP contribution in [-0.2, 0) is 0 Å². The molecule has 138 valence electrons. The second-order valence-electron chi connectivity index (χ2n) is 6.30. The molecule has 0 aliphatic heterocycles. The van der Waals surface area contributed by atoms with E-state index < -0.39 is 11.7 Å². The summed E-state index contributed by atoms with van der Waals surface area (Å²) in [5.41, 5.74) is 12.3. The summed E-state index contributed by atoms with van der Waals surface area (Å²) in [6.07, 6.45) is 0. The van der Waals surface area contributed by atoms with Crippen molar-refractivity contribution in [1.29, 1.82) is 0 Å². The molecule has 0 saturated carbocycles. The minimum atomic E-state index is -0.850. The molecule has 8 heteroatoms. The number of anilines is 1. The number of carbonyl (C=O) groups is 1. The first-order valence-corrected chi connectivity index (χ1v) is 8.25. The summed E-state index contributed by atoms with van der Waals surface area (Å²) in [5.74, 6) is -1.63. The van der Waals surface area contributed by atoms with Crippen LogP contribution in [-0.4, -0.2) is 20.9 Å². The van der Waals surface area contributed by atoms with Gasteiger partial charge in [0.15, 0.2) is 11.5 Å². The average molecular weight is 367 g/mol. The molecule has 0 atom stereocenters. The number of primary amides is 1. The fourth-order valence-corrected chi connectivity index (χ4v) is 2.81. The van der Waals surface area contributed by atoms with Crippen LogP contribution in [0.3, 0.4) is 0 Å². The third-order valence-corrected chi connectivity index (χ3v) is 4.07. The molecule has 0 fully saturated rings. The molecule has 0 spiro atoms. The molecule has 1 aromatic carbocycles. The molecule has 0 bridgehead atoms. The molecule has 0 aliphatic rings. The highest BCUT2D eigenvalue weighted by molar-refractivity contribution is 5.97. The van der Waals surface area contributed by atoms with E-state index in [0.29, 0.717) is 11.3 Å². The van der Waals surface area contributed by atoms with Crippen molar-refractivity contribution in [2.75, 3.05) is 5.73 Å². The number of halogens is 1. The number of carbonyl (C=O) groups excluding carboxylic acids is 1. The third-order valence-electron chi connectivity index (χ3n) is 4.07. The van der Waals surface area contributed by atoms with E-state index in [1.54, 1.807) is 18.2 Å². The molecule has 3 aromatic rings. The number of nitrogens with one attached hydrogen (secondary N) is 1. The minimum Gasteiger partial charge on any atom is -0.382 e. The Labute approximate surface area is 154 Å². The maximum Gasteiger partial charge on any atom is 0.271 e. The van der Waals surface area contributed by atoms with Crippen molar-refractivity contribution in [2.45, 2.75) is 19.8 Å². The van der Waals surface area contributed by atoms with Crippen LogP contribution < -0.4 is 17.0 Å². The summed E-state index contributed by atoms with van der Waals surface area (Å²) in [6, 6.07) is 8.91. The summed E-state index contributed by atoms with van der Waals surface area (Å²) in [5, 5.41) is 0. The standard InChI is InChI=1S/C19H18FN5O2/c1-9(2)14-11(7-8-13(26)23-14)16-15(10-5-3-4-6-12(10)20)25-18(21)17(24-16)19(22)27/h3-9H,1-2H3,(H2,21,25)(H2,22,27)(H,23,26). The molecule has 3 rings (SSSR count). The summed E-state index contributed by atoms with van der Waals surface area (Å²) in [6.45, 7) is 3.77.